The summed E-state index contributed by atoms with van der Waals surface area (Å²) >= 11 is 0. The molecule has 0 saturated carbocycles. The lowest BCUT2D eigenvalue weighted by Crippen LogP contribution is -2.53. The van der Waals surface area contributed by atoms with E-state index in [4.69, 9.17) is 0 Å². The fourth-order valence-electron chi connectivity index (χ4n) is 3.13. The second-order valence-electron chi connectivity index (χ2n) is 6.42. The normalized spacial score (nSPS) is 18.2. The van der Waals surface area contributed by atoms with Gasteiger partial charge in [0.15, 0.2) is 0 Å². The summed E-state index contributed by atoms with van der Waals surface area (Å²) in [6, 6.07) is 6.01. The predicted octanol–water partition coefficient (Wildman–Crippen LogP) is 0.929. The quantitative estimate of drug-likeness (QED) is 0.842. The molecule has 124 valence electrons. The van der Waals surface area contributed by atoms with Crippen molar-refractivity contribution in [2.24, 2.45) is 0 Å². The zero-order valence-corrected chi connectivity index (χ0v) is 14.1. The predicted molar refractivity (Wildman–Crippen MR) is 90.2 cm³/mol. The van der Waals surface area contributed by atoms with Crippen LogP contribution in [0, 0.1) is 0 Å². The van der Waals surface area contributed by atoms with Crippen molar-refractivity contribution in [1.29, 1.82) is 0 Å². The first-order valence-corrected chi connectivity index (χ1v) is 8.15. The number of imidazole rings is 1. The van der Waals surface area contributed by atoms with Gasteiger partial charge in [-0.2, -0.15) is 0 Å². The molecular formula is C17H25N5O. The Labute approximate surface area is 137 Å². The number of hydrogen-bond acceptors (Lipinski definition) is 4. The summed E-state index contributed by atoms with van der Waals surface area (Å²) in [5, 5.41) is 0. The second-order valence-corrected chi connectivity index (χ2v) is 6.42. The zero-order chi connectivity index (χ0) is 16.4. The molecule has 0 aromatic carbocycles. The molecule has 0 N–H and O–H groups in total. The van der Waals surface area contributed by atoms with E-state index in [0.29, 0.717) is 0 Å². The number of aromatic nitrogens is 2. The minimum Gasteiger partial charge on any atom is -0.347 e. The van der Waals surface area contributed by atoms with Crippen LogP contribution in [0.25, 0.3) is 5.65 Å². The minimum absolute atomic E-state index is 0.0395. The highest BCUT2D eigenvalue weighted by Crippen LogP contribution is 2.12. The third-order valence-corrected chi connectivity index (χ3v) is 4.55. The van der Waals surface area contributed by atoms with Gasteiger partial charge in [-0.3, -0.25) is 14.6 Å². The molecule has 2 aromatic heterocycles. The third-order valence-electron chi connectivity index (χ3n) is 4.55. The van der Waals surface area contributed by atoms with E-state index in [-0.39, 0.29) is 11.9 Å². The lowest BCUT2D eigenvalue weighted by molar-refractivity contribution is -0.134. The lowest BCUT2D eigenvalue weighted by Gasteiger charge is -2.37. The number of pyridine rings is 1. The number of amides is 1. The first-order chi connectivity index (χ1) is 11.0. The third kappa shape index (κ3) is 3.54. The van der Waals surface area contributed by atoms with Crippen molar-refractivity contribution in [3.05, 3.63) is 36.3 Å². The van der Waals surface area contributed by atoms with Crippen molar-refractivity contribution in [2.45, 2.75) is 19.5 Å². The molecule has 1 aliphatic rings. The van der Waals surface area contributed by atoms with E-state index in [9.17, 15) is 4.79 Å². The van der Waals surface area contributed by atoms with Gasteiger partial charge in [-0.1, -0.05) is 6.07 Å². The highest BCUT2D eigenvalue weighted by Gasteiger charge is 2.26. The molecule has 0 spiro atoms. The molecule has 0 aliphatic carbocycles. The van der Waals surface area contributed by atoms with Crippen LogP contribution in [0.3, 0.4) is 0 Å². The summed E-state index contributed by atoms with van der Waals surface area (Å²) in [7, 11) is 3.64. The number of carbonyl (C=O) groups excluding carboxylic acids is 1. The molecule has 6 nitrogen and oxygen atoms in total. The molecule has 1 amide bonds. The van der Waals surface area contributed by atoms with Gasteiger partial charge in [-0.15, -0.1) is 0 Å². The van der Waals surface area contributed by atoms with E-state index >= 15 is 0 Å². The molecular weight excluding hydrogens is 290 g/mol. The van der Waals surface area contributed by atoms with Gasteiger partial charge in [0.05, 0.1) is 11.7 Å². The molecule has 23 heavy (non-hydrogen) atoms. The van der Waals surface area contributed by atoms with E-state index in [2.05, 4.69) is 25.4 Å². The molecule has 0 bridgehead atoms. The van der Waals surface area contributed by atoms with Crippen LogP contribution in [-0.4, -0.2) is 76.3 Å². The Kier molecular flexibility index (Phi) is 4.63. The van der Waals surface area contributed by atoms with Crippen molar-refractivity contribution in [3.63, 3.8) is 0 Å². The topological polar surface area (TPSA) is 44.1 Å². The van der Waals surface area contributed by atoms with Crippen molar-refractivity contribution in [1.82, 2.24) is 24.1 Å². The molecule has 1 atom stereocenters. The number of nitrogens with zero attached hydrogens (tertiary/aromatic N) is 5. The number of likely N-dealkylation sites (N-methyl/N-ethyl adjacent to an activating group) is 1. The van der Waals surface area contributed by atoms with Gasteiger partial charge >= 0.3 is 0 Å². The van der Waals surface area contributed by atoms with E-state index in [1.165, 1.54) is 0 Å². The van der Waals surface area contributed by atoms with Gasteiger partial charge in [-0.25, -0.2) is 4.98 Å². The van der Waals surface area contributed by atoms with Crippen molar-refractivity contribution in [2.75, 3.05) is 40.3 Å². The molecule has 0 radical (unpaired) electrons. The van der Waals surface area contributed by atoms with Crippen LogP contribution in [-0.2, 0) is 11.3 Å². The average Bonchev–Trinajstić information content (AvgIpc) is 2.96. The van der Waals surface area contributed by atoms with Crippen LogP contribution in [0.4, 0.5) is 0 Å². The Bertz CT molecular complexity index is 639. The summed E-state index contributed by atoms with van der Waals surface area (Å²) in [5.74, 6) is 0.179. The molecule has 3 rings (SSSR count). The van der Waals surface area contributed by atoms with Crippen LogP contribution >= 0.6 is 0 Å². The summed E-state index contributed by atoms with van der Waals surface area (Å²) < 4.78 is 2.06. The number of piperazine rings is 1. The summed E-state index contributed by atoms with van der Waals surface area (Å²) in [6.45, 7) is 6.66. The van der Waals surface area contributed by atoms with E-state index in [1.54, 1.807) is 4.90 Å². The zero-order valence-electron chi connectivity index (χ0n) is 14.1. The Hall–Kier alpha value is -1.92. The molecule has 2 aromatic rings. The van der Waals surface area contributed by atoms with Crippen LogP contribution in [0.5, 0.6) is 0 Å². The van der Waals surface area contributed by atoms with Crippen LogP contribution in [0.1, 0.15) is 12.6 Å². The number of carbonyl (C=O) groups is 1. The van der Waals surface area contributed by atoms with Crippen molar-refractivity contribution >= 4 is 11.6 Å². The number of fused-ring (bicyclic) bond motifs is 1. The average molecular weight is 315 g/mol. The maximum absolute atomic E-state index is 12.1. The number of hydrogen-bond donors (Lipinski definition) is 0. The maximum Gasteiger partial charge on any atom is 0.239 e. The first kappa shape index (κ1) is 16.0. The highest BCUT2D eigenvalue weighted by molar-refractivity contribution is 5.80. The smallest absolute Gasteiger partial charge is 0.239 e. The van der Waals surface area contributed by atoms with Crippen molar-refractivity contribution in [3.8, 4) is 0 Å². The Morgan fingerprint density at radius 3 is 2.65 bits per heavy atom. The highest BCUT2D eigenvalue weighted by atomic mass is 16.2. The van der Waals surface area contributed by atoms with Gasteiger partial charge in [-0.05, 0) is 19.1 Å². The molecule has 6 heteroatoms. The van der Waals surface area contributed by atoms with Gasteiger partial charge in [0.25, 0.3) is 0 Å². The summed E-state index contributed by atoms with van der Waals surface area (Å²) in [6.07, 6.45) is 4.12. The standard InChI is InChI=1S/C17H25N5O/c1-14(17(23)19(2)3)21-10-8-20(9-11-21)12-15-13-22-7-5-4-6-16(22)18-15/h4-7,13-14H,8-12H2,1-3H3. The first-order valence-electron chi connectivity index (χ1n) is 8.15. The van der Waals surface area contributed by atoms with Crippen LogP contribution in [0.15, 0.2) is 30.6 Å². The summed E-state index contributed by atoms with van der Waals surface area (Å²) in [4.78, 5) is 23.1. The van der Waals surface area contributed by atoms with Gasteiger partial charge in [0.1, 0.15) is 5.65 Å². The monoisotopic (exact) mass is 315 g/mol. The largest absolute Gasteiger partial charge is 0.347 e. The van der Waals surface area contributed by atoms with E-state index in [1.807, 2.05) is 45.4 Å². The SMILES string of the molecule is CC(C(=O)N(C)C)N1CCN(Cc2cn3ccccc3n2)CC1. The molecule has 1 unspecified atom stereocenters. The van der Waals surface area contributed by atoms with E-state index < -0.39 is 0 Å². The minimum atomic E-state index is -0.0395. The van der Waals surface area contributed by atoms with Gasteiger partial charge in [0, 0.05) is 59.2 Å². The fourth-order valence-corrected chi connectivity index (χ4v) is 3.13. The Balaban J connectivity index is 1.55. The van der Waals surface area contributed by atoms with Crippen LogP contribution in [0.2, 0.25) is 0 Å². The van der Waals surface area contributed by atoms with Crippen LogP contribution < -0.4 is 0 Å². The fraction of sp³-hybridized carbons (Fsp3) is 0.529. The molecule has 1 aliphatic heterocycles. The molecule has 3 heterocycles. The molecule has 1 fully saturated rings. The van der Waals surface area contributed by atoms with Gasteiger partial charge < -0.3 is 9.30 Å². The maximum atomic E-state index is 12.1. The Morgan fingerprint density at radius 1 is 1.26 bits per heavy atom. The number of rotatable bonds is 4. The van der Waals surface area contributed by atoms with Crippen molar-refractivity contribution < 1.29 is 4.79 Å². The lowest BCUT2D eigenvalue weighted by atomic mass is 10.2. The Morgan fingerprint density at radius 2 is 2.00 bits per heavy atom. The van der Waals surface area contributed by atoms with Gasteiger partial charge in [0.2, 0.25) is 5.91 Å². The second kappa shape index (κ2) is 6.68. The van der Waals surface area contributed by atoms with E-state index in [0.717, 1.165) is 44.1 Å². The molecule has 1 saturated heterocycles. The summed E-state index contributed by atoms with van der Waals surface area (Å²) in [5.41, 5.74) is 2.09.